The van der Waals surface area contributed by atoms with E-state index in [0.717, 1.165) is 22.2 Å². The molecule has 3 heteroatoms. The minimum Gasteiger partial charge on any atom is -0.488 e. The van der Waals surface area contributed by atoms with Crippen molar-refractivity contribution in [2.75, 3.05) is 0 Å². The lowest BCUT2D eigenvalue weighted by molar-refractivity contribution is 0.202. The fourth-order valence-electron chi connectivity index (χ4n) is 1.82. The second-order valence-corrected chi connectivity index (χ2v) is 4.58. The highest BCUT2D eigenvalue weighted by atomic mass is 79.9. The zero-order valence-corrected chi connectivity index (χ0v) is 9.97. The SMILES string of the molecule is CCC1Oc2cc(Br)c(C)cc2C1N. The van der Waals surface area contributed by atoms with Crippen LogP contribution in [0.4, 0.5) is 0 Å². The molecule has 0 radical (unpaired) electrons. The van der Waals surface area contributed by atoms with Crippen LogP contribution >= 0.6 is 15.9 Å². The average Bonchev–Trinajstić information content (AvgIpc) is 2.45. The number of benzene rings is 1. The van der Waals surface area contributed by atoms with E-state index in [0.29, 0.717) is 0 Å². The summed E-state index contributed by atoms with van der Waals surface area (Å²) in [5, 5.41) is 0. The Morgan fingerprint density at radius 1 is 1.50 bits per heavy atom. The van der Waals surface area contributed by atoms with Crippen molar-refractivity contribution in [1.82, 2.24) is 0 Å². The van der Waals surface area contributed by atoms with Crippen LogP contribution in [0.25, 0.3) is 0 Å². The number of rotatable bonds is 1. The van der Waals surface area contributed by atoms with E-state index in [1.165, 1.54) is 5.56 Å². The van der Waals surface area contributed by atoms with Crippen LogP contribution in [0, 0.1) is 6.92 Å². The lowest BCUT2D eigenvalue weighted by Crippen LogP contribution is -2.24. The van der Waals surface area contributed by atoms with Gasteiger partial charge in [-0.3, -0.25) is 0 Å². The van der Waals surface area contributed by atoms with Gasteiger partial charge in [0.1, 0.15) is 11.9 Å². The third-order valence-electron chi connectivity index (χ3n) is 2.73. The van der Waals surface area contributed by atoms with Gasteiger partial charge in [-0.2, -0.15) is 0 Å². The van der Waals surface area contributed by atoms with E-state index in [-0.39, 0.29) is 12.1 Å². The summed E-state index contributed by atoms with van der Waals surface area (Å²) in [6.07, 6.45) is 1.09. The molecule has 2 N–H and O–H groups in total. The summed E-state index contributed by atoms with van der Waals surface area (Å²) in [4.78, 5) is 0. The fraction of sp³-hybridized carbons (Fsp3) is 0.455. The van der Waals surface area contributed by atoms with Crippen LogP contribution in [0.1, 0.15) is 30.5 Å². The van der Waals surface area contributed by atoms with Crippen molar-refractivity contribution in [3.8, 4) is 5.75 Å². The van der Waals surface area contributed by atoms with Gasteiger partial charge in [-0.15, -0.1) is 0 Å². The second-order valence-electron chi connectivity index (χ2n) is 3.73. The monoisotopic (exact) mass is 255 g/mol. The molecular weight excluding hydrogens is 242 g/mol. The van der Waals surface area contributed by atoms with E-state index in [1.807, 2.05) is 6.07 Å². The van der Waals surface area contributed by atoms with E-state index < -0.39 is 0 Å². The van der Waals surface area contributed by atoms with Gasteiger partial charge in [-0.1, -0.05) is 22.9 Å². The Labute approximate surface area is 92.6 Å². The zero-order chi connectivity index (χ0) is 10.3. The lowest BCUT2D eigenvalue weighted by Gasteiger charge is -2.11. The largest absolute Gasteiger partial charge is 0.488 e. The van der Waals surface area contributed by atoms with Crippen LogP contribution < -0.4 is 10.5 Å². The first-order chi connectivity index (χ1) is 6.63. The summed E-state index contributed by atoms with van der Waals surface area (Å²) in [5.41, 5.74) is 8.42. The fourth-order valence-corrected chi connectivity index (χ4v) is 2.14. The van der Waals surface area contributed by atoms with Crippen LogP contribution in [0.15, 0.2) is 16.6 Å². The number of halogens is 1. The predicted octanol–water partition coefficient (Wildman–Crippen LogP) is 2.93. The first kappa shape index (κ1) is 9.99. The Hall–Kier alpha value is -0.540. The number of hydrogen-bond donors (Lipinski definition) is 1. The quantitative estimate of drug-likeness (QED) is 0.838. The summed E-state index contributed by atoms with van der Waals surface area (Å²) in [6, 6.07) is 4.15. The van der Waals surface area contributed by atoms with Crippen molar-refractivity contribution in [3.05, 3.63) is 27.7 Å². The first-order valence-corrected chi connectivity index (χ1v) is 5.65. The summed E-state index contributed by atoms with van der Waals surface area (Å²) < 4.78 is 6.83. The molecule has 0 saturated carbocycles. The van der Waals surface area contributed by atoms with E-state index in [9.17, 15) is 0 Å². The number of aryl methyl sites for hydroxylation is 1. The maximum absolute atomic E-state index is 6.08. The highest BCUT2D eigenvalue weighted by Gasteiger charge is 2.30. The Morgan fingerprint density at radius 2 is 2.21 bits per heavy atom. The van der Waals surface area contributed by atoms with Crippen molar-refractivity contribution in [3.63, 3.8) is 0 Å². The van der Waals surface area contributed by atoms with Crippen LogP contribution in [0.3, 0.4) is 0 Å². The smallest absolute Gasteiger partial charge is 0.125 e. The molecule has 0 bridgehead atoms. The number of nitrogens with two attached hydrogens (primary N) is 1. The van der Waals surface area contributed by atoms with E-state index in [2.05, 4.69) is 35.8 Å². The van der Waals surface area contributed by atoms with Gasteiger partial charge in [0.2, 0.25) is 0 Å². The van der Waals surface area contributed by atoms with Gasteiger partial charge in [0.15, 0.2) is 0 Å². The van der Waals surface area contributed by atoms with Crippen molar-refractivity contribution in [2.45, 2.75) is 32.4 Å². The van der Waals surface area contributed by atoms with Crippen LogP contribution in [0.5, 0.6) is 5.75 Å². The molecule has 0 aliphatic carbocycles. The van der Waals surface area contributed by atoms with Crippen molar-refractivity contribution >= 4 is 15.9 Å². The third kappa shape index (κ3) is 1.44. The molecule has 14 heavy (non-hydrogen) atoms. The predicted molar refractivity (Wildman–Crippen MR) is 60.5 cm³/mol. The Morgan fingerprint density at radius 3 is 2.86 bits per heavy atom. The van der Waals surface area contributed by atoms with Crippen molar-refractivity contribution in [1.29, 1.82) is 0 Å². The molecule has 2 unspecified atom stereocenters. The zero-order valence-electron chi connectivity index (χ0n) is 8.38. The molecule has 1 heterocycles. The number of ether oxygens (including phenoxy) is 1. The number of hydrogen-bond acceptors (Lipinski definition) is 2. The van der Waals surface area contributed by atoms with Gasteiger partial charge in [0, 0.05) is 10.0 Å². The summed E-state index contributed by atoms with van der Waals surface area (Å²) >= 11 is 3.49. The maximum atomic E-state index is 6.08. The van der Waals surface area contributed by atoms with E-state index in [4.69, 9.17) is 10.5 Å². The van der Waals surface area contributed by atoms with Gasteiger partial charge in [0.05, 0.1) is 6.04 Å². The summed E-state index contributed by atoms with van der Waals surface area (Å²) in [6.45, 7) is 4.16. The normalized spacial score (nSPS) is 24.6. The molecule has 0 saturated heterocycles. The van der Waals surface area contributed by atoms with Gasteiger partial charge < -0.3 is 10.5 Å². The molecule has 0 aromatic heterocycles. The third-order valence-corrected chi connectivity index (χ3v) is 3.59. The maximum Gasteiger partial charge on any atom is 0.125 e. The molecule has 2 atom stereocenters. The molecule has 1 aliphatic heterocycles. The van der Waals surface area contributed by atoms with Crippen molar-refractivity contribution in [2.24, 2.45) is 5.73 Å². The van der Waals surface area contributed by atoms with Gasteiger partial charge >= 0.3 is 0 Å². The van der Waals surface area contributed by atoms with E-state index in [1.54, 1.807) is 0 Å². The molecule has 0 spiro atoms. The minimum atomic E-state index is 0.0294. The van der Waals surface area contributed by atoms with Crippen LogP contribution in [0.2, 0.25) is 0 Å². The molecule has 2 rings (SSSR count). The Kier molecular flexibility index (Phi) is 2.54. The van der Waals surface area contributed by atoms with E-state index >= 15 is 0 Å². The Balaban J connectivity index is 2.44. The Bertz CT molecular complexity index is 365. The molecule has 0 amide bonds. The van der Waals surface area contributed by atoms with Crippen LogP contribution in [-0.4, -0.2) is 6.10 Å². The molecule has 0 fully saturated rings. The average molecular weight is 256 g/mol. The standard InChI is InChI=1S/C11H14BrNO/c1-3-9-11(13)7-4-6(2)8(12)5-10(7)14-9/h4-5,9,11H,3,13H2,1-2H3. The van der Waals surface area contributed by atoms with Crippen LogP contribution in [-0.2, 0) is 0 Å². The highest BCUT2D eigenvalue weighted by molar-refractivity contribution is 9.10. The van der Waals surface area contributed by atoms with Gasteiger partial charge in [0.25, 0.3) is 0 Å². The first-order valence-electron chi connectivity index (χ1n) is 4.85. The summed E-state index contributed by atoms with van der Waals surface area (Å²) in [5.74, 6) is 0.932. The summed E-state index contributed by atoms with van der Waals surface area (Å²) in [7, 11) is 0. The highest BCUT2D eigenvalue weighted by Crippen LogP contribution is 2.39. The molecule has 2 nitrogen and oxygen atoms in total. The van der Waals surface area contributed by atoms with Gasteiger partial charge in [-0.25, -0.2) is 0 Å². The van der Waals surface area contributed by atoms with Crippen molar-refractivity contribution < 1.29 is 4.74 Å². The molecule has 76 valence electrons. The number of fused-ring (bicyclic) bond motifs is 1. The molecule has 1 aromatic rings. The molecule has 1 aliphatic rings. The molecule has 1 aromatic carbocycles. The topological polar surface area (TPSA) is 35.2 Å². The minimum absolute atomic E-state index is 0.0294. The molecular formula is C11H14BrNO. The van der Waals surface area contributed by atoms with Gasteiger partial charge in [-0.05, 0) is 31.0 Å². The second kappa shape index (κ2) is 3.55. The lowest BCUT2D eigenvalue weighted by atomic mass is 10.0.